The Morgan fingerprint density at radius 1 is 0.291 bits per heavy atom. The van der Waals surface area contributed by atoms with E-state index in [9.17, 15) is 0 Å². The average Bonchev–Trinajstić information content (AvgIpc) is 3.64. The number of para-hydroxylation sites is 1. The van der Waals surface area contributed by atoms with Gasteiger partial charge in [-0.15, -0.1) is 0 Å². The Bertz CT molecular complexity index is 3250. The van der Waals surface area contributed by atoms with E-state index in [2.05, 4.69) is 176 Å². The van der Waals surface area contributed by atoms with Crippen LogP contribution in [-0.4, -0.2) is 9.97 Å². The summed E-state index contributed by atoms with van der Waals surface area (Å²) in [7, 11) is 0. The number of benzene rings is 9. The van der Waals surface area contributed by atoms with E-state index in [0.29, 0.717) is 5.82 Å². The number of aromatic nitrogens is 2. The number of fused-ring (bicyclic) bond motifs is 7. The number of nitrogens with zero attached hydrogens (tertiary/aromatic N) is 2. The third-order valence-corrected chi connectivity index (χ3v) is 10.9. The quantitative estimate of drug-likeness (QED) is 0.133. The first-order valence-electron chi connectivity index (χ1n) is 18.6. The Morgan fingerprint density at radius 3 is 1.75 bits per heavy atom. The maximum Gasteiger partial charge on any atom is 0.161 e. The lowest BCUT2D eigenvalue weighted by atomic mass is 9.92. The predicted molar refractivity (Wildman–Crippen MR) is 229 cm³/mol. The standard InChI is InChI=1S/C52H32N2O/c1-2-11-33(12-3-1)34-21-23-36(24-22-34)47-32-48(40-16-10-15-37(29-40)38-26-28-50-46(30-38)43-19-8-9-20-49(43)55-50)54-52(53-47)51-42-18-7-5-14-39(42)31-45-41-17-6-4-13-35(41)25-27-44(45)51/h1-32H. The van der Waals surface area contributed by atoms with Gasteiger partial charge in [0.05, 0.1) is 11.4 Å². The van der Waals surface area contributed by atoms with Crippen molar-refractivity contribution in [2.24, 2.45) is 0 Å². The van der Waals surface area contributed by atoms with Crippen LogP contribution in [0.1, 0.15) is 0 Å². The van der Waals surface area contributed by atoms with Crippen LogP contribution >= 0.6 is 0 Å². The summed E-state index contributed by atoms with van der Waals surface area (Å²) >= 11 is 0. The van der Waals surface area contributed by atoms with Gasteiger partial charge in [-0.3, -0.25) is 0 Å². The Hall–Kier alpha value is -7.36. The van der Waals surface area contributed by atoms with E-state index in [-0.39, 0.29) is 0 Å². The lowest BCUT2D eigenvalue weighted by Crippen LogP contribution is -1.98. The van der Waals surface area contributed by atoms with Gasteiger partial charge in [-0.1, -0.05) is 158 Å². The summed E-state index contributed by atoms with van der Waals surface area (Å²) in [4.78, 5) is 10.8. The van der Waals surface area contributed by atoms with Crippen LogP contribution in [0.15, 0.2) is 199 Å². The predicted octanol–water partition coefficient (Wildman–Crippen LogP) is 14.2. The topological polar surface area (TPSA) is 38.9 Å². The fraction of sp³-hybridized carbons (Fsp3) is 0. The van der Waals surface area contributed by atoms with Gasteiger partial charge in [0.15, 0.2) is 5.82 Å². The maximum atomic E-state index is 6.15. The van der Waals surface area contributed by atoms with Crippen molar-refractivity contribution in [3.8, 4) is 56.2 Å². The molecule has 2 heterocycles. The Labute approximate surface area is 317 Å². The Morgan fingerprint density at radius 2 is 0.891 bits per heavy atom. The fourth-order valence-electron chi connectivity index (χ4n) is 8.14. The summed E-state index contributed by atoms with van der Waals surface area (Å²) in [6.45, 7) is 0. The summed E-state index contributed by atoms with van der Waals surface area (Å²) in [5.41, 5.74) is 11.2. The van der Waals surface area contributed by atoms with E-state index in [4.69, 9.17) is 14.4 Å². The molecule has 0 aliphatic rings. The molecule has 0 amide bonds. The van der Waals surface area contributed by atoms with Gasteiger partial charge in [0.2, 0.25) is 0 Å². The molecule has 9 aromatic carbocycles. The molecule has 3 nitrogen and oxygen atoms in total. The molecule has 0 saturated carbocycles. The van der Waals surface area contributed by atoms with Gasteiger partial charge in [0, 0.05) is 27.5 Å². The highest BCUT2D eigenvalue weighted by atomic mass is 16.3. The van der Waals surface area contributed by atoms with Crippen molar-refractivity contribution >= 4 is 54.3 Å². The molecule has 55 heavy (non-hydrogen) atoms. The molecule has 0 aliphatic heterocycles. The van der Waals surface area contributed by atoms with E-state index in [1.165, 1.54) is 27.3 Å². The summed E-state index contributed by atoms with van der Waals surface area (Å²) in [5, 5.41) is 9.27. The first-order valence-corrected chi connectivity index (χ1v) is 18.6. The molecule has 256 valence electrons. The van der Waals surface area contributed by atoms with Crippen LogP contribution in [0.25, 0.3) is 110 Å². The third-order valence-electron chi connectivity index (χ3n) is 10.9. The van der Waals surface area contributed by atoms with E-state index in [1.54, 1.807) is 0 Å². The number of hydrogen-bond acceptors (Lipinski definition) is 3. The van der Waals surface area contributed by atoms with Crippen molar-refractivity contribution in [1.29, 1.82) is 0 Å². The molecule has 0 N–H and O–H groups in total. The Kier molecular flexibility index (Phi) is 7.17. The molecule has 11 rings (SSSR count). The van der Waals surface area contributed by atoms with Crippen molar-refractivity contribution in [3.63, 3.8) is 0 Å². The summed E-state index contributed by atoms with van der Waals surface area (Å²) in [6, 6.07) is 68.7. The molecule has 0 bridgehead atoms. The molecule has 0 fully saturated rings. The van der Waals surface area contributed by atoms with E-state index in [0.717, 1.165) is 77.3 Å². The second-order valence-electron chi connectivity index (χ2n) is 14.1. The van der Waals surface area contributed by atoms with Crippen molar-refractivity contribution in [2.75, 3.05) is 0 Å². The first-order chi connectivity index (χ1) is 27.2. The molecule has 3 heteroatoms. The second kappa shape index (κ2) is 12.6. The molecule has 0 atom stereocenters. The Balaban J connectivity index is 1.13. The molecule has 11 aromatic rings. The van der Waals surface area contributed by atoms with Gasteiger partial charge >= 0.3 is 0 Å². The van der Waals surface area contributed by atoms with Crippen molar-refractivity contribution in [3.05, 3.63) is 194 Å². The zero-order valence-corrected chi connectivity index (χ0v) is 29.8. The van der Waals surface area contributed by atoms with Crippen molar-refractivity contribution in [2.45, 2.75) is 0 Å². The van der Waals surface area contributed by atoms with Gasteiger partial charge in [0.25, 0.3) is 0 Å². The molecular weight excluding hydrogens is 669 g/mol. The highest BCUT2D eigenvalue weighted by Gasteiger charge is 2.18. The smallest absolute Gasteiger partial charge is 0.161 e. The minimum absolute atomic E-state index is 0.702. The zero-order chi connectivity index (χ0) is 36.3. The van der Waals surface area contributed by atoms with Gasteiger partial charge in [-0.2, -0.15) is 0 Å². The van der Waals surface area contributed by atoms with Crippen LogP contribution in [0.3, 0.4) is 0 Å². The SMILES string of the molecule is c1ccc(-c2ccc(-c3cc(-c4cccc(-c5ccc6oc7ccccc7c6c5)c4)nc(-c4c5ccccc5cc5c4ccc4ccccc45)n3)cc2)cc1. The van der Waals surface area contributed by atoms with Crippen molar-refractivity contribution < 1.29 is 4.42 Å². The monoisotopic (exact) mass is 700 g/mol. The van der Waals surface area contributed by atoms with Gasteiger partial charge in [-0.25, -0.2) is 9.97 Å². The molecule has 2 aromatic heterocycles. The highest BCUT2D eigenvalue weighted by Crippen LogP contribution is 2.40. The molecular formula is C52H32N2O. The average molecular weight is 701 g/mol. The van der Waals surface area contributed by atoms with Gasteiger partial charge in [0.1, 0.15) is 11.2 Å². The van der Waals surface area contributed by atoms with Crippen LogP contribution in [0, 0.1) is 0 Å². The van der Waals surface area contributed by atoms with Gasteiger partial charge in [-0.05, 0) is 91.0 Å². The largest absolute Gasteiger partial charge is 0.456 e. The number of hydrogen-bond donors (Lipinski definition) is 0. The number of rotatable bonds is 5. The van der Waals surface area contributed by atoms with E-state index in [1.807, 2.05) is 18.2 Å². The summed E-state index contributed by atoms with van der Waals surface area (Å²) in [5.74, 6) is 0.702. The van der Waals surface area contributed by atoms with Gasteiger partial charge < -0.3 is 4.42 Å². The van der Waals surface area contributed by atoms with Crippen molar-refractivity contribution in [1.82, 2.24) is 9.97 Å². The van der Waals surface area contributed by atoms with Crippen LogP contribution < -0.4 is 0 Å². The second-order valence-corrected chi connectivity index (χ2v) is 14.1. The lowest BCUT2D eigenvalue weighted by Gasteiger charge is -2.15. The van der Waals surface area contributed by atoms with Crippen LogP contribution in [0.5, 0.6) is 0 Å². The minimum Gasteiger partial charge on any atom is -0.456 e. The minimum atomic E-state index is 0.702. The van der Waals surface area contributed by atoms with E-state index >= 15 is 0 Å². The zero-order valence-electron chi connectivity index (χ0n) is 29.8. The summed E-state index contributed by atoms with van der Waals surface area (Å²) < 4.78 is 6.15. The molecule has 0 radical (unpaired) electrons. The highest BCUT2D eigenvalue weighted by molar-refractivity contribution is 6.19. The lowest BCUT2D eigenvalue weighted by molar-refractivity contribution is 0.669. The summed E-state index contributed by atoms with van der Waals surface area (Å²) in [6.07, 6.45) is 0. The molecule has 0 aliphatic carbocycles. The molecule has 0 spiro atoms. The molecule has 0 unspecified atom stereocenters. The van der Waals surface area contributed by atoms with Crippen LogP contribution in [0.2, 0.25) is 0 Å². The maximum absolute atomic E-state index is 6.15. The molecule has 0 saturated heterocycles. The fourth-order valence-corrected chi connectivity index (χ4v) is 8.14. The third kappa shape index (κ3) is 5.36. The first kappa shape index (κ1) is 31.2. The normalized spacial score (nSPS) is 11.6. The van der Waals surface area contributed by atoms with Crippen LogP contribution in [-0.2, 0) is 0 Å². The van der Waals surface area contributed by atoms with Crippen LogP contribution in [0.4, 0.5) is 0 Å². The van der Waals surface area contributed by atoms with E-state index < -0.39 is 0 Å². The number of furan rings is 1.